The number of hydrogen-bond acceptors (Lipinski definition) is 7. The number of hydrogen-bond donors (Lipinski definition) is 3. The molecule has 1 aromatic rings. The lowest BCUT2D eigenvalue weighted by molar-refractivity contribution is -0.143. The fourth-order valence-electron chi connectivity index (χ4n) is 2.23. The lowest BCUT2D eigenvalue weighted by Gasteiger charge is -2.32. The molecule has 0 saturated carbocycles. The third-order valence-corrected chi connectivity index (χ3v) is 3.17. The number of aliphatic hydroxyl groups excluding tert-OH is 2. The molecular weight excluding hydrogens is 268 g/mol. The lowest BCUT2D eigenvalue weighted by atomic mass is 10.1. The average molecular weight is 282 g/mol. The number of rotatable bonds is 4. The molecule has 1 fully saturated rings. The van der Waals surface area contributed by atoms with E-state index in [9.17, 15) is 9.90 Å². The largest absolute Gasteiger partial charge is 0.394 e. The second-order valence-corrected chi connectivity index (χ2v) is 4.41. The van der Waals surface area contributed by atoms with Crippen molar-refractivity contribution in [3.8, 4) is 0 Å². The monoisotopic (exact) mass is 282 g/mol. The van der Waals surface area contributed by atoms with E-state index >= 15 is 0 Å². The van der Waals surface area contributed by atoms with Gasteiger partial charge in [-0.05, 0) is 11.6 Å². The molecule has 2 heterocycles. The molecule has 1 aromatic heterocycles. The van der Waals surface area contributed by atoms with Crippen LogP contribution < -0.4 is 11.4 Å². The molecule has 108 valence electrons. The van der Waals surface area contributed by atoms with Crippen molar-refractivity contribution < 1.29 is 14.9 Å². The summed E-state index contributed by atoms with van der Waals surface area (Å²) >= 11 is 0. The molecule has 20 heavy (non-hydrogen) atoms. The van der Waals surface area contributed by atoms with Crippen LogP contribution in [0.15, 0.2) is 22.2 Å². The smallest absolute Gasteiger partial charge is 0.351 e. The number of anilines is 1. The van der Waals surface area contributed by atoms with Crippen LogP contribution in [0.1, 0.15) is 6.42 Å². The molecule has 0 spiro atoms. The van der Waals surface area contributed by atoms with Crippen LogP contribution in [-0.4, -0.2) is 45.1 Å². The van der Waals surface area contributed by atoms with E-state index in [1.807, 2.05) is 0 Å². The Hall–Kier alpha value is -2.13. The Morgan fingerprint density at radius 2 is 2.50 bits per heavy atom. The van der Waals surface area contributed by atoms with Crippen molar-refractivity contribution in [1.29, 1.82) is 0 Å². The van der Waals surface area contributed by atoms with Gasteiger partial charge in [-0.2, -0.15) is 4.98 Å². The van der Waals surface area contributed by atoms with Crippen molar-refractivity contribution in [2.75, 3.05) is 18.9 Å². The summed E-state index contributed by atoms with van der Waals surface area (Å²) in [4.78, 5) is 18.1. The van der Waals surface area contributed by atoms with Crippen LogP contribution in [0.2, 0.25) is 0 Å². The van der Waals surface area contributed by atoms with Crippen molar-refractivity contribution in [3.63, 3.8) is 0 Å². The topological polar surface area (TPSA) is 159 Å². The highest BCUT2D eigenvalue weighted by molar-refractivity contribution is 5.24. The summed E-state index contributed by atoms with van der Waals surface area (Å²) < 4.78 is 6.56. The minimum absolute atomic E-state index is 0.0244. The maximum Gasteiger partial charge on any atom is 0.351 e. The van der Waals surface area contributed by atoms with Crippen molar-refractivity contribution in [2.45, 2.75) is 24.4 Å². The minimum atomic E-state index is -1.59. The summed E-state index contributed by atoms with van der Waals surface area (Å²) in [6.07, 6.45) is -0.383. The maximum absolute atomic E-state index is 11.9. The molecule has 2 rings (SSSR count). The highest BCUT2D eigenvalue weighted by atomic mass is 16.6. The summed E-state index contributed by atoms with van der Waals surface area (Å²) in [5.41, 5.74) is 11.5. The van der Waals surface area contributed by atoms with Crippen LogP contribution in [-0.2, 0) is 10.5 Å². The molecule has 10 nitrogen and oxygen atoms in total. The number of ether oxygens (including phenoxy) is 1. The molecule has 0 radical (unpaired) electrons. The third-order valence-electron chi connectivity index (χ3n) is 3.17. The normalized spacial score (nSPS) is 29.1. The van der Waals surface area contributed by atoms with Crippen molar-refractivity contribution in [1.82, 2.24) is 9.55 Å². The molecule has 3 atom stereocenters. The lowest BCUT2D eigenvalue weighted by Crippen LogP contribution is -2.51. The van der Waals surface area contributed by atoms with Gasteiger partial charge >= 0.3 is 5.69 Å². The average Bonchev–Trinajstić information content (AvgIpc) is 2.74. The van der Waals surface area contributed by atoms with Crippen molar-refractivity contribution >= 4 is 5.82 Å². The fraction of sp³-hybridized carbons (Fsp3) is 0.600. The molecule has 1 aliphatic heterocycles. The van der Waals surface area contributed by atoms with Crippen LogP contribution >= 0.6 is 0 Å². The number of nitrogens with two attached hydrogens (primary N) is 1. The SMILES string of the molecule is [N-]=[N+]=NC[C@@]1(n2ccc(N)nc2=O)O[C@H](CO)C[C@H]1O. The van der Waals surface area contributed by atoms with E-state index in [-0.39, 0.29) is 25.4 Å². The quantitative estimate of drug-likeness (QED) is 0.362. The van der Waals surface area contributed by atoms with E-state index < -0.39 is 23.6 Å². The highest BCUT2D eigenvalue weighted by Crippen LogP contribution is 2.34. The van der Waals surface area contributed by atoms with Gasteiger partial charge in [0.05, 0.1) is 19.3 Å². The van der Waals surface area contributed by atoms with E-state index in [4.69, 9.17) is 21.1 Å². The zero-order chi connectivity index (χ0) is 14.8. The van der Waals surface area contributed by atoms with E-state index in [0.29, 0.717) is 0 Å². The van der Waals surface area contributed by atoms with Crippen LogP contribution in [0, 0.1) is 0 Å². The first-order valence-electron chi connectivity index (χ1n) is 5.86. The summed E-state index contributed by atoms with van der Waals surface area (Å²) in [7, 11) is 0. The molecule has 0 aromatic carbocycles. The third kappa shape index (κ3) is 2.32. The zero-order valence-electron chi connectivity index (χ0n) is 10.5. The van der Waals surface area contributed by atoms with Gasteiger partial charge in [-0.3, -0.25) is 4.57 Å². The standard InChI is InChI=1S/C10H14N6O4/c11-8-1-2-16(9(19)14-8)10(5-13-15-12)7(18)3-6(4-17)20-10/h1-2,6-7,17-18H,3-5H2,(H2,11,14,19)/t6-,7+,10+/m0/s1. The van der Waals surface area contributed by atoms with Gasteiger partial charge in [0.15, 0.2) is 5.72 Å². The highest BCUT2D eigenvalue weighted by Gasteiger charge is 2.49. The molecule has 1 saturated heterocycles. The maximum atomic E-state index is 11.9. The summed E-state index contributed by atoms with van der Waals surface area (Å²) in [6, 6.07) is 1.36. The van der Waals surface area contributed by atoms with Crippen LogP contribution in [0.4, 0.5) is 5.82 Å². The van der Waals surface area contributed by atoms with Crippen molar-refractivity contribution in [2.24, 2.45) is 5.11 Å². The molecular formula is C10H14N6O4. The van der Waals surface area contributed by atoms with E-state index in [1.54, 1.807) is 0 Å². The summed E-state index contributed by atoms with van der Waals surface area (Å²) in [6.45, 7) is -0.640. The van der Waals surface area contributed by atoms with Gasteiger partial charge in [0.25, 0.3) is 0 Å². The van der Waals surface area contributed by atoms with Gasteiger partial charge < -0.3 is 20.7 Å². The number of aliphatic hydroxyl groups is 2. The molecule has 1 aliphatic rings. The Balaban J connectivity index is 2.52. The van der Waals surface area contributed by atoms with Crippen LogP contribution in [0.5, 0.6) is 0 Å². The van der Waals surface area contributed by atoms with Crippen LogP contribution in [0.25, 0.3) is 10.4 Å². The second-order valence-electron chi connectivity index (χ2n) is 4.41. The number of azide groups is 1. The van der Waals surface area contributed by atoms with Gasteiger partial charge in [0.2, 0.25) is 0 Å². The molecule has 0 amide bonds. The van der Waals surface area contributed by atoms with E-state index in [2.05, 4.69) is 15.0 Å². The molecule has 0 unspecified atom stereocenters. The Labute approximate surface area is 113 Å². The Morgan fingerprint density at radius 1 is 1.75 bits per heavy atom. The first-order chi connectivity index (χ1) is 9.53. The summed E-state index contributed by atoms with van der Waals surface area (Å²) in [5, 5.41) is 22.7. The van der Waals surface area contributed by atoms with Gasteiger partial charge in [0.1, 0.15) is 11.9 Å². The number of aromatic nitrogens is 2. The van der Waals surface area contributed by atoms with Gasteiger partial charge in [-0.15, -0.1) is 0 Å². The number of nitrogen functional groups attached to an aromatic ring is 1. The Morgan fingerprint density at radius 3 is 3.05 bits per heavy atom. The second kappa shape index (κ2) is 5.47. The Bertz CT molecular complexity index is 598. The summed E-state index contributed by atoms with van der Waals surface area (Å²) in [5.74, 6) is 0.0244. The predicted octanol–water partition coefficient (Wildman–Crippen LogP) is -1.07. The van der Waals surface area contributed by atoms with Gasteiger partial charge in [-0.1, -0.05) is 5.11 Å². The van der Waals surface area contributed by atoms with Crippen molar-refractivity contribution in [3.05, 3.63) is 33.2 Å². The molecule has 0 bridgehead atoms. The number of nitrogens with zero attached hydrogens (tertiary/aromatic N) is 5. The van der Waals surface area contributed by atoms with Gasteiger partial charge in [-0.25, -0.2) is 4.79 Å². The first kappa shape index (κ1) is 14.3. The fourth-order valence-corrected chi connectivity index (χ4v) is 2.23. The van der Waals surface area contributed by atoms with E-state index in [1.165, 1.54) is 12.3 Å². The van der Waals surface area contributed by atoms with Gasteiger partial charge in [0, 0.05) is 17.5 Å². The molecule has 0 aliphatic carbocycles. The first-order valence-corrected chi connectivity index (χ1v) is 5.86. The van der Waals surface area contributed by atoms with Crippen LogP contribution in [0.3, 0.4) is 0 Å². The molecule has 4 N–H and O–H groups in total. The zero-order valence-corrected chi connectivity index (χ0v) is 10.5. The minimum Gasteiger partial charge on any atom is -0.394 e. The Kier molecular flexibility index (Phi) is 3.91. The van der Waals surface area contributed by atoms with E-state index in [0.717, 1.165) is 4.57 Å². The molecule has 10 heteroatoms. The predicted molar refractivity (Wildman–Crippen MR) is 67.5 cm³/mol.